The lowest BCUT2D eigenvalue weighted by atomic mass is 10.2. The summed E-state index contributed by atoms with van der Waals surface area (Å²) < 4.78 is 35.2. The van der Waals surface area contributed by atoms with Crippen LogP contribution < -0.4 is 0 Å². The SMILES string of the molecule is Cc1cc(-c2csc(-c3cccnc3)n2)c(C)n1-c1cccc(S(=O)(=O)N2CCOCC2)c1. The highest BCUT2D eigenvalue weighted by atomic mass is 32.2. The minimum atomic E-state index is -3.57. The van der Waals surface area contributed by atoms with E-state index in [0.717, 1.165) is 38.9 Å². The van der Waals surface area contributed by atoms with E-state index in [4.69, 9.17) is 9.72 Å². The standard InChI is InChI=1S/C24H24N4O3S2/c1-17-13-22(23-16-32-24(26-23)19-5-4-8-25-15-19)18(2)28(17)20-6-3-7-21(14-20)33(29,30)27-9-11-31-12-10-27/h3-8,13-16H,9-12H2,1-2H3. The number of sulfonamides is 1. The van der Waals surface area contributed by atoms with E-state index < -0.39 is 10.0 Å². The van der Waals surface area contributed by atoms with Crippen LogP contribution in [0.1, 0.15) is 11.4 Å². The summed E-state index contributed by atoms with van der Waals surface area (Å²) in [7, 11) is -3.57. The van der Waals surface area contributed by atoms with Gasteiger partial charge in [0.05, 0.1) is 23.8 Å². The van der Waals surface area contributed by atoms with Crippen molar-refractivity contribution in [3.05, 3.63) is 71.6 Å². The molecule has 170 valence electrons. The van der Waals surface area contributed by atoms with E-state index in [-0.39, 0.29) is 0 Å². The van der Waals surface area contributed by atoms with Crippen LogP contribution in [0.3, 0.4) is 0 Å². The summed E-state index contributed by atoms with van der Waals surface area (Å²) in [5, 5.41) is 2.97. The van der Waals surface area contributed by atoms with E-state index in [9.17, 15) is 8.42 Å². The van der Waals surface area contributed by atoms with E-state index in [0.29, 0.717) is 31.2 Å². The van der Waals surface area contributed by atoms with E-state index in [1.54, 1.807) is 35.7 Å². The Morgan fingerprint density at radius 3 is 2.64 bits per heavy atom. The van der Waals surface area contributed by atoms with Crippen molar-refractivity contribution >= 4 is 21.4 Å². The van der Waals surface area contributed by atoms with Gasteiger partial charge in [-0.15, -0.1) is 11.3 Å². The van der Waals surface area contributed by atoms with Gasteiger partial charge in [-0.25, -0.2) is 13.4 Å². The molecule has 4 aromatic rings. The van der Waals surface area contributed by atoms with Gasteiger partial charge in [-0.3, -0.25) is 4.98 Å². The Morgan fingerprint density at radius 2 is 1.88 bits per heavy atom. The van der Waals surface area contributed by atoms with Crippen LogP contribution in [0.25, 0.3) is 27.5 Å². The molecule has 5 rings (SSSR count). The topological polar surface area (TPSA) is 77.3 Å². The molecule has 0 atom stereocenters. The Morgan fingerprint density at radius 1 is 1.06 bits per heavy atom. The molecule has 9 heteroatoms. The molecule has 7 nitrogen and oxygen atoms in total. The Labute approximate surface area is 197 Å². The molecule has 1 saturated heterocycles. The smallest absolute Gasteiger partial charge is 0.243 e. The predicted molar refractivity (Wildman–Crippen MR) is 129 cm³/mol. The number of hydrogen-bond donors (Lipinski definition) is 0. The molecule has 0 aliphatic carbocycles. The Bertz CT molecular complexity index is 1390. The zero-order valence-electron chi connectivity index (χ0n) is 18.4. The Kier molecular flexibility index (Phi) is 5.88. The molecule has 0 N–H and O–H groups in total. The van der Waals surface area contributed by atoms with Crippen molar-refractivity contribution < 1.29 is 13.2 Å². The van der Waals surface area contributed by atoms with E-state index >= 15 is 0 Å². The zero-order valence-corrected chi connectivity index (χ0v) is 20.1. The lowest BCUT2D eigenvalue weighted by Crippen LogP contribution is -2.40. The number of ether oxygens (including phenoxy) is 1. The number of hydrogen-bond acceptors (Lipinski definition) is 6. The summed E-state index contributed by atoms with van der Waals surface area (Å²) in [5.74, 6) is 0. The number of nitrogens with zero attached hydrogens (tertiary/aromatic N) is 4. The summed E-state index contributed by atoms with van der Waals surface area (Å²) >= 11 is 1.58. The van der Waals surface area contributed by atoms with Crippen molar-refractivity contribution in [3.63, 3.8) is 0 Å². The number of aromatic nitrogens is 3. The summed E-state index contributed by atoms with van der Waals surface area (Å²) in [4.78, 5) is 9.31. The fourth-order valence-electron chi connectivity index (χ4n) is 4.16. The molecule has 1 aliphatic heterocycles. The highest BCUT2D eigenvalue weighted by molar-refractivity contribution is 7.89. The fraction of sp³-hybridized carbons (Fsp3) is 0.250. The third kappa shape index (κ3) is 4.13. The minimum absolute atomic E-state index is 0.295. The number of benzene rings is 1. The Hall–Kier alpha value is -2.85. The highest BCUT2D eigenvalue weighted by Crippen LogP contribution is 2.33. The maximum absolute atomic E-state index is 13.2. The molecule has 3 aromatic heterocycles. The van der Waals surface area contributed by atoms with Crippen molar-refractivity contribution in [1.82, 2.24) is 18.8 Å². The quantitative estimate of drug-likeness (QED) is 0.426. The van der Waals surface area contributed by atoms with Crippen molar-refractivity contribution in [2.75, 3.05) is 26.3 Å². The highest BCUT2D eigenvalue weighted by Gasteiger charge is 2.27. The monoisotopic (exact) mass is 480 g/mol. The summed E-state index contributed by atoms with van der Waals surface area (Å²) in [6, 6.07) is 13.1. The van der Waals surface area contributed by atoms with Crippen LogP contribution in [0.4, 0.5) is 0 Å². The third-order valence-corrected chi connectivity index (χ3v) is 8.59. The predicted octanol–water partition coefficient (Wildman–Crippen LogP) is 4.30. The van der Waals surface area contributed by atoms with Crippen LogP contribution in [-0.2, 0) is 14.8 Å². The van der Waals surface area contributed by atoms with Crippen LogP contribution in [0.5, 0.6) is 0 Å². The zero-order chi connectivity index (χ0) is 23.0. The van der Waals surface area contributed by atoms with Gasteiger partial charge in [0, 0.05) is 59.1 Å². The van der Waals surface area contributed by atoms with Gasteiger partial charge in [0.15, 0.2) is 0 Å². The van der Waals surface area contributed by atoms with Crippen molar-refractivity contribution in [2.24, 2.45) is 0 Å². The van der Waals surface area contributed by atoms with Crippen LogP contribution in [0.15, 0.2) is 65.1 Å². The Balaban J connectivity index is 1.51. The van der Waals surface area contributed by atoms with Crippen molar-refractivity contribution in [1.29, 1.82) is 0 Å². The second-order valence-electron chi connectivity index (χ2n) is 7.91. The molecular weight excluding hydrogens is 456 g/mol. The minimum Gasteiger partial charge on any atom is -0.379 e. The number of aryl methyl sites for hydroxylation is 1. The van der Waals surface area contributed by atoms with Crippen molar-refractivity contribution in [2.45, 2.75) is 18.7 Å². The summed E-state index contributed by atoms with van der Waals surface area (Å²) in [6.07, 6.45) is 3.56. The lowest BCUT2D eigenvalue weighted by Gasteiger charge is -2.26. The number of morpholine rings is 1. The van der Waals surface area contributed by atoms with E-state index in [1.165, 1.54) is 4.31 Å². The van der Waals surface area contributed by atoms with E-state index in [1.807, 2.05) is 43.6 Å². The van der Waals surface area contributed by atoms with Gasteiger partial charge in [0.25, 0.3) is 0 Å². The second kappa shape index (κ2) is 8.83. The molecule has 0 bridgehead atoms. The van der Waals surface area contributed by atoms with Gasteiger partial charge in [-0.2, -0.15) is 4.31 Å². The molecule has 0 saturated carbocycles. The third-order valence-electron chi connectivity index (χ3n) is 5.80. The molecule has 0 radical (unpaired) electrons. The first-order valence-electron chi connectivity index (χ1n) is 10.7. The largest absolute Gasteiger partial charge is 0.379 e. The molecule has 0 amide bonds. The molecule has 1 aliphatic rings. The fourth-order valence-corrected chi connectivity index (χ4v) is 6.42. The first kappa shape index (κ1) is 22.0. The summed E-state index contributed by atoms with van der Waals surface area (Å²) in [5.41, 5.74) is 5.75. The maximum atomic E-state index is 13.2. The second-order valence-corrected chi connectivity index (χ2v) is 10.7. The number of rotatable bonds is 5. The van der Waals surface area contributed by atoms with Crippen molar-refractivity contribution in [3.8, 4) is 27.5 Å². The maximum Gasteiger partial charge on any atom is 0.243 e. The molecule has 1 fully saturated rings. The van der Waals surface area contributed by atoms with Crippen LogP contribution in [0, 0.1) is 13.8 Å². The normalized spacial score (nSPS) is 15.1. The molecule has 0 spiro atoms. The molecule has 4 heterocycles. The summed E-state index contributed by atoms with van der Waals surface area (Å²) in [6.45, 7) is 5.66. The van der Waals surface area contributed by atoms with Crippen LogP contribution in [-0.4, -0.2) is 53.6 Å². The van der Waals surface area contributed by atoms with Gasteiger partial charge in [-0.1, -0.05) is 6.07 Å². The molecule has 0 unspecified atom stereocenters. The average Bonchev–Trinajstić information content (AvgIpc) is 3.44. The van der Waals surface area contributed by atoms with Gasteiger partial charge in [0.2, 0.25) is 10.0 Å². The van der Waals surface area contributed by atoms with Gasteiger partial charge in [-0.05, 0) is 50.2 Å². The lowest BCUT2D eigenvalue weighted by molar-refractivity contribution is 0.0730. The molecular formula is C24H24N4O3S2. The van der Waals surface area contributed by atoms with Gasteiger partial charge < -0.3 is 9.30 Å². The average molecular weight is 481 g/mol. The number of thiazole rings is 1. The molecule has 1 aromatic carbocycles. The first-order chi connectivity index (χ1) is 15.9. The number of pyridine rings is 1. The van der Waals surface area contributed by atoms with Crippen LogP contribution >= 0.6 is 11.3 Å². The van der Waals surface area contributed by atoms with E-state index in [2.05, 4.69) is 15.6 Å². The van der Waals surface area contributed by atoms with Gasteiger partial charge >= 0.3 is 0 Å². The first-order valence-corrected chi connectivity index (χ1v) is 13.0. The van der Waals surface area contributed by atoms with Gasteiger partial charge in [0.1, 0.15) is 5.01 Å². The molecule has 33 heavy (non-hydrogen) atoms. The van der Waals surface area contributed by atoms with Crippen LogP contribution in [0.2, 0.25) is 0 Å².